The monoisotopic (exact) mass is 608 g/mol. The van der Waals surface area contributed by atoms with Crippen molar-refractivity contribution in [2.75, 3.05) is 0 Å². The predicted molar refractivity (Wildman–Crippen MR) is 159 cm³/mol. The number of rotatable bonds is 0. The van der Waals surface area contributed by atoms with E-state index in [1.165, 1.54) is 0 Å². The van der Waals surface area contributed by atoms with Crippen LogP contribution in [0.2, 0.25) is 0 Å². The Morgan fingerprint density at radius 3 is 1.11 bits per heavy atom. The maximum atomic E-state index is 14.6. The molecule has 2 aromatic rings. The van der Waals surface area contributed by atoms with Crippen LogP contribution in [0.4, 0.5) is 0 Å². The molecule has 0 aliphatic carbocycles. The Bertz CT molecular complexity index is 1270. The Morgan fingerprint density at radius 1 is 0.568 bits per heavy atom. The van der Waals surface area contributed by atoms with E-state index in [0.717, 1.165) is 11.1 Å². The van der Waals surface area contributed by atoms with E-state index in [9.17, 15) is 8.42 Å². The molecular weight excluding hydrogens is 570 g/mol. The van der Waals surface area contributed by atoms with Crippen LogP contribution >= 0.6 is 38.8 Å². The summed E-state index contributed by atoms with van der Waals surface area (Å²) in [6, 6.07) is 7.21. The summed E-state index contributed by atoms with van der Waals surface area (Å²) in [6.07, 6.45) is 0. The van der Waals surface area contributed by atoms with E-state index in [4.69, 9.17) is 42.8 Å². The van der Waals surface area contributed by atoms with Gasteiger partial charge in [0.25, 0.3) is 0 Å². The summed E-state index contributed by atoms with van der Waals surface area (Å²) in [5.74, 6) is 0.0598. The first-order valence-electron chi connectivity index (χ1n) is 12.3. The van der Waals surface area contributed by atoms with Crippen LogP contribution in [0.15, 0.2) is 34.1 Å². The molecule has 0 saturated carbocycles. The van der Waals surface area contributed by atoms with Crippen molar-refractivity contribution in [2.45, 2.75) is 115 Å². The number of hydrogen-bond acceptors (Lipinski definition) is 4. The fourth-order valence-corrected chi connectivity index (χ4v) is 8.14. The number of benzene rings is 2. The molecule has 0 saturated heterocycles. The van der Waals surface area contributed by atoms with Crippen molar-refractivity contribution in [2.24, 2.45) is 0 Å². The molecule has 1 aliphatic heterocycles. The normalized spacial score (nSPS) is 20.1. The second-order valence-corrected chi connectivity index (χ2v) is 24.8. The molecule has 9 heteroatoms. The molecular formula is C28H40Cl3O4PS. The van der Waals surface area contributed by atoms with Gasteiger partial charge in [-0.15, -0.1) is 0 Å². The van der Waals surface area contributed by atoms with Gasteiger partial charge in [0.15, 0.2) is 0 Å². The van der Waals surface area contributed by atoms with Crippen LogP contribution in [-0.2, 0) is 31.5 Å². The molecule has 0 fully saturated rings. The molecule has 0 amide bonds. The van der Waals surface area contributed by atoms with Gasteiger partial charge in [0.05, 0.1) is 0 Å². The van der Waals surface area contributed by atoms with E-state index in [1.807, 2.05) is 95.2 Å². The Kier molecular flexibility index (Phi) is 7.20. The van der Waals surface area contributed by atoms with Crippen molar-refractivity contribution in [3.63, 3.8) is 0 Å². The Hall–Kier alpha value is -0.710. The molecule has 1 aliphatic rings. The summed E-state index contributed by atoms with van der Waals surface area (Å²) in [7, 11) is -4.17. The molecule has 0 aromatic heterocycles. The van der Waals surface area contributed by atoms with Gasteiger partial charge in [0.2, 0.25) is 0 Å². The van der Waals surface area contributed by atoms with Gasteiger partial charge in [-0.3, -0.25) is 0 Å². The fourth-order valence-electron chi connectivity index (χ4n) is 4.19. The minimum absolute atomic E-state index is 0.0173. The van der Waals surface area contributed by atoms with Gasteiger partial charge in [-0.1, -0.05) is 0 Å². The quantitative estimate of drug-likeness (QED) is 0.279. The zero-order valence-electron chi connectivity index (χ0n) is 23.9. The molecule has 0 N–H and O–H groups in total. The van der Waals surface area contributed by atoms with Crippen LogP contribution in [0.1, 0.15) is 105 Å². The maximum absolute atomic E-state index is 14.6. The summed E-state index contributed by atoms with van der Waals surface area (Å²) in [6.45, 7) is 24.0. The van der Waals surface area contributed by atoms with Crippen molar-refractivity contribution in [1.29, 1.82) is 0 Å². The molecule has 0 unspecified atom stereocenters. The van der Waals surface area contributed by atoms with Gasteiger partial charge in [-0.2, -0.15) is 0 Å². The van der Waals surface area contributed by atoms with E-state index in [1.54, 1.807) is 12.1 Å². The van der Waals surface area contributed by atoms with Crippen LogP contribution < -0.4 is 9.05 Å². The third kappa shape index (κ3) is 6.22. The molecule has 4 nitrogen and oxygen atoms in total. The average Bonchev–Trinajstić information content (AvgIpc) is 2.62. The molecule has 0 radical (unpaired) electrons. The van der Waals surface area contributed by atoms with Crippen molar-refractivity contribution < 1.29 is 17.5 Å². The van der Waals surface area contributed by atoms with Gasteiger partial charge in [-0.25, -0.2) is 0 Å². The third-order valence-corrected chi connectivity index (χ3v) is 10.4. The predicted octanol–water partition coefficient (Wildman–Crippen LogP) is 10.3. The molecule has 1 heterocycles. The van der Waals surface area contributed by atoms with Crippen molar-refractivity contribution >= 4 is 48.7 Å². The van der Waals surface area contributed by atoms with E-state index in [0.29, 0.717) is 11.1 Å². The van der Waals surface area contributed by atoms with Gasteiger partial charge in [-0.05, 0) is 0 Å². The third-order valence-electron chi connectivity index (χ3n) is 6.50. The Morgan fingerprint density at radius 2 is 0.865 bits per heavy atom. The summed E-state index contributed by atoms with van der Waals surface area (Å²) in [5.41, 5.74) is 1.22. The average molecular weight is 610 g/mol. The van der Waals surface area contributed by atoms with Gasteiger partial charge in [0.1, 0.15) is 0 Å². The van der Waals surface area contributed by atoms with Crippen molar-refractivity contribution in [3.8, 4) is 11.5 Å². The van der Waals surface area contributed by atoms with E-state index in [2.05, 4.69) is 0 Å². The molecule has 3 rings (SSSR count). The number of sulfone groups is 1. The molecule has 0 bridgehead atoms. The summed E-state index contributed by atoms with van der Waals surface area (Å²) in [4.78, 5) is -0.0347. The number of halogens is 3. The van der Waals surface area contributed by atoms with Gasteiger partial charge in [0, 0.05) is 0 Å². The van der Waals surface area contributed by atoms with Gasteiger partial charge >= 0.3 is 239 Å². The molecule has 2 aromatic carbocycles. The van der Waals surface area contributed by atoms with Crippen molar-refractivity contribution in [3.05, 3.63) is 46.5 Å². The topological polar surface area (TPSA) is 52.6 Å². The van der Waals surface area contributed by atoms with Crippen LogP contribution in [0.25, 0.3) is 0 Å². The zero-order valence-corrected chi connectivity index (χ0v) is 27.9. The SMILES string of the molecule is CC(C)(C)c1cc(C(C)(C)C)c2c(c1)S(=O)(=O)c1cc(C(C)(C)C)cc(C(C)(C)C)c1OP(Cl)(Cl)(Cl)O2. The first-order chi connectivity index (χ1) is 16.1. The van der Waals surface area contributed by atoms with Crippen LogP contribution in [-0.4, -0.2) is 8.42 Å². The van der Waals surface area contributed by atoms with Crippen molar-refractivity contribution in [1.82, 2.24) is 0 Å². The first kappa shape index (κ1) is 30.8. The summed E-state index contributed by atoms with van der Waals surface area (Å²) >= 11 is 20.3. The molecule has 0 atom stereocenters. The second kappa shape index (κ2) is 8.64. The van der Waals surface area contributed by atoms with E-state index >= 15 is 0 Å². The zero-order chi connectivity index (χ0) is 28.8. The van der Waals surface area contributed by atoms with Gasteiger partial charge < -0.3 is 0 Å². The second-order valence-electron chi connectivity index (χ2n) is 14.1. The van der Waals surface area contributed by atoms with Crippen LogP contribution in [0.3, 0.4) is 0 Å². The molecule has 208 valence electrons. The summed E-state index contributed by atoms with van der Waals surface area (Å²) in [5, 5.41) is -4.93. The van der Waals surface area contributed by atoms with E-state index in [-0.39, 0.29) is 32.1 Å². The molecule has 37 heavy (non-hydrogen) atoms. The van der Waals surface area contributed by atoms with Crippen LogP contribution in [0.5, 0.6) is 11.5 Å². The summed E-state index contributed by atoms with van der Waals surface area (Å²) < 4.78 is 41.5. The molecule has 0 spiro atoms. The number of hydrogen-bond donors (Lipinski definition) is 0. The Balaban J connectivity index is 2.66. The minimum atomic E-state index is -4.93. The fraction of sp³-hybridized carbons (Fsp3) is 0.571. The Labute approximate surface area is 237 Å². The van der Waals surface area contributed by atoms with Crippen LogP contribution in [0, 0.1) is 0 Å². The number of fused-ring (bicyclic) bond motifs is 2. The first-order valence-corrected chi connectivity index (χ1v) is 18.6. The standard InChI is InChI=1S/C28H40Cl3O4PS/c1-25(2,3)17-13-19(27(7,8)9)23-21(15-17)37(32,33)22-16-18(26(4,5)6)14-20(28(10,11)12)24(22)35-36(29,30,31)34-23/h13-16H,1-12H3. The van der Waals surface area contributed by atoms with E-state index < -0.39 is 25.8 Å².